The van der Waals surface area contributed by atoms with Crippen LogP contribution in [0.5, 0.6) is 0 Å². The van der Waals surface area contributed by atoms with E-state index in [9.17, 15) is 0 Å². The minimum atomic E-state index is 0.254. The highest BCUT2D eigenvalue weighted by Gasteiger charge is 2.28. The maximum absolute atomic E-state index is 3.27. The van der Waals surface area contributed by atoms with Crippen LogP contribution in [0.25, 0.3) is 0 Å². The van der Waals surface area contributed by atoms with Crippen LogP contribution in [-0.4, -0.2) is 17.5 Å². The third kappa shape index (κ3) is 1.86. The van der Waals surface area contributed by atoms with E-state index in [0.717, 1.165) is 13.1 Å². The van der Waals surface area contributed by atoms with Crippen LogP contribution in [0, 0.1) is 0 Å². The van der Waals surface area contributed by atoms with E-state index in [2.05, 4.69) is 49.2 Å². The highest BCUT2D eigenvalue weighted by Crippen LogP contribution is 2.33. The SMILES string of the molecule is CNc1cccc2c1CN(C(C)(C)C)C2. The summed E-state index contributed by atoms with van der Waals surface area (Å²) in [5, 5.41) is 3.27. The number of nitrogens with one attached hydrogen (secondary N) is 1. The van der Waals surface area contributed by atoms with Crippen molar-refractivity contribution in [1.82, 2.24) is 4.90 Å². The van der Waals surface area contributed by atoms with Crippen molar-refractivity contribution in [2.45, 2.75) is 39.4 Å². The molecule has 1 aliphatic heterocycles. The molecule has 0 fully saturated rings. The van der Waals surface area contributed by atoms with Gasteiger partial charge in [0.25, 0.3) is 0 Å². The van der Waals surface area contributed by atoms with Crippen LogP contribution in [0.4, 0.5) is 5.69 Å². The number of hydrogen-bond acceptors (Lipinski definition) is 2. The van der Waals surface area contributed by atoms with Crippen molar-refractivity contribution in [2.24, 2.45) is 0 Å². The molecule has 15 heavy (non-hydrogen) atoms. The van der Waals surface area contributed by atoms with Crippen molar-refractivity contribution in [3.8, 4) is 0 Å². The molecule has 1 aromatic rings. The fraction of sp³-hybridized carbons (Fsp3) is 0.538. The Morgan fingerprint density at radius 1 is 1.20 bits per heavy atom. The number of benzene rings is 1. The number of fused-ring (bicyclic) bond motifs is 1. The average Bonchev–Trinajstić information content (AvgIpc) is 2.59. The van der Waals surface area contributed by atoms with E-state index in [1.165, 1.54) is 16.8 Å². The van der Waals surface area contributed by atoms with Crippen molar-refractivity contribution >= 4 is 5.69 Å². The Morgan fingerprint density at radius 3 is 2.53 bits per heavy atom. The van der Waals surface area contributed by atoms with Gasteiger partial charge in [0.05, 0.1) is 0 Å². The van der Waals surface area contributed by atoms with E-state index >= 15 is 0 Å². The third-order valence-corrected chi connectivity index (χ3v) is 3.20. The molecular weight excluding hydrogens is 184 g/mol. The Balaban J connectivity index is 2.31. The second-order valence-electron chi connectivity index (χ2n) is 5.22. The molecule has 2 heteroatoms. The van der Waals surface area contributed by atoms with Crippen LogP contribution in [0.3, 0.4) is 0 Å². The van der Waals surface area contributed by atoms with Crippen molar-refractivity contribution in [1.29, 1.82) is 0 Å². The fourth-order valence-electron chi connectivity index (χ4n) is 2.13. The molecule has 0 radical (unpaired) electrons. The first-order valence-electron chi connectivity index (χ1n) is 5.56. The summed E-state index contributed by atoms with van der Waals surface area (Å²) in [7, 11) is 2.00. The van der Waals surface area contributed by atoms with E-state index in [-0.39, 0.29) is 5.54 Å². The first-order chi connectivity index (χ1) is 7.02. The minimum Gasteiger partial charge on any atom is -0.388 e. The van der Waals surface area contributed by atoms with E-state index in [4.69, 9.17) is 0 Å². The Labute approximate surface area is 92.3 Å². The number of rotatable bonds is 1. The first-order valence-corrected chi connectivity index (χ1v) is 5.56. The van der Waals surface area contributed by atoms with E-state index in [1.807, 2.05) is 7.05 Å². The lowest BCUT2D eigenvalue weighted by atomic mass is 10.1. The van der Waals surface area contributed by atoms with Crippen molar-refractivity contribution in [3.63, 3.8) is 0 Å². The zero-order chi connectivity index (χ0) is 11.1. The number of anilines is 1. The average molecular weight is 204 g/mol. The highest BCUT2D eigenvalue weighted by atomic mass is 15.2. The van der Waals surface area contributed by atoms with Gasteiger partial charge >= 0.3 is 0 Å². The van der Waals surface area contributed by atoms with Gasteiger partial charge in [-0.05, 0) is 38.0 Å². The monoisotopic (exact) mass is 204 g/mol. The molecule has 82 valence electrons. The molecule has 1 aliphatic rings. The van der Waals surface area contributed by atoms with Crippen LogP contribution < -0.4 is 5.32 Å². The molecule has 1 heterocycles. The Bertz CT molecular complexity index is 363. The highest BCUT2D eigenvalue weighted by molar-refractivity contribution is 5.55. The van der Waals surface area contributed by atoms with Crippen LogP contribution in [0.2, 0.25) is 0 Å². The Hall–Kier alpha value is -1.02. The van der Waals surface area contributed by atoms with E-state index < -0.39 is 0 Å². The first kappa shape index (κ1) is 10.5. The van der Waals surface area contributed by atoms with Crippen LogP contribution in [0.15, 0.2) is 18.2 Å². The molecule has 2 rings (SSSR count). The number of hydrogen-bond donors (Lipinski definition) is 1. The molecular formula is C13H20N2. The quantitative estimate of drug-likeness (QED) is 0.756. The van der Waals surface area contributed by atoms with Gasteiger partial charge in [0, 0.05) is 31.4 Å². The molecule has 0 saturated heterocycles. The lowest BCUT2D eigenvalue weighted by Gasteiger charge is -2.31. The topological polar surface area (TPSA) is 15.3 Å². The molecule has 0 atom stereocenters. The fourth-order valence-corrected chi connectivity index (χ4v) is 2.13. The summed E-state index contributed by atoms with van der Waals surface area (Å²) in [6.45, 7) is 8.97. The summed E-state index contributed by atoms with van der Waals surface area (Å²) in [4.78, 5) is 2.51. The smallest absolute Gasteiger partial charge is 0.0386 e. The predicted molar refractivity (Wildman–Crippen MR) is 65.0 cm³/mol. The summed E-state index contributed by atoms with van der Waals surface area (Å²) in [5.41, 5.74) is 4.47. The van der Waals surface area contributed by atoms with E-state index in [0.29, 0.717) is 0 Å². The lowest BCUT2D eigenvalue weighted by Crippen LogP contribution is -2.36. The van der Waals surface area contributed by atoms with Gasteiger partial charge in [-0.15, -0.1) is 0 Å². The van der Waals surface area contributed by atoms with E-state index in [1.54, 1.807) is 0 Å². The molecule has 0 aromatic heterocycles. The maximum atomic E-state index is 3.27. The largest absolute Gasteiger partial charge is 0.388 e. The second-order valence-corrected chi connectivity index (χ2v) is 5.22. The van der Waals surface area contributed by atoms with Crippen molar-refractivity contribution in [2.75, 3.05) is 12.4 Å². The summed E-state index contributed by atoms with van der Waals surface area (Å²) in [6.07, 6.45) is 0. The van der Waals surface area contributed by atoms with Crippen molar-refractivity contribution in [3.05, 3.63) is 29.3 Å². The maximum Gasteiger partial charge on any atom is 0.0386 e. The molecule has 0 amide bonds. The van der Waals surface area contributed by atoms with Gasteiger partial charge in [0.15, 0.2) is 0 Å². The standard InChI is InChI=1S/C13H20N2/c1-13(2,3)15-8-10-6-5-7-12(14-4)11(10)9-15/h5-7,14H,8-9H2,1-4H3. The third-order valence-electron chi connectivity index (χ3n) is 3.20. The molecule has 0 unspecified atom stereocenters. The summed E-state index contributed by atoms with van der Waals surface area (Å²) >= 11 is 0. The molecule has 0 saturated carbocycles. The summed E-state index contributed by atoms with van der Waals surface area (Å²) in [6, 6.07) is 6.53. The molecule has 1 N–H and O–H groups in total. The zero-order valence-electron chi connectivity index (χ0n) is 10.1. The molecule has 0 spiro atoms. The minimum absolute atomic E-state index is 0.254. The van der Waals surface area contributed by atoms with Crippen LogP contribution in [-0.2, 0) is 13.1 Å². The molecule has 0 aliphatic carbocycles. The van der Waals surface area contributed by atoms with Crippen LogP contribution >= 0.6 is 0 Å². The zero-order valence-corrected chi connectivity index (χ0v) is 10.1. The Morgan fingerprint density at radius 2 is 1.93 bits per heavy atom. The van der Waals surface area contributed by atoms with Gasteiger partial charge in [-0.1, -0.05) is 12.1 Å². The Kier molecular flexibility index (Phi) is 2.47. The lowest BCUT2D eigenvalue weighted by molar-refractivity contribution is 0.136. The van der Waals surface area contributed by atoms with Gasteiger partial charge in [-0.2, -0.15) is 0 Å². The molecule has 1 aromatic carbocycles. The summed E-state index contributed by atoms with van der Waals surface area (Å²) in [5.74, 6) is 0. The molecule has 2 nitrogen and oxygen atoms in total. The second kappa shape index (κ2) is 3.53. The van der Waals surface area contributed by atoms with Gasteiger partial charge in [-0.3, -0.25) is 4.90 Å². The predicted octanol–water partition coefficient (Wildman–Crippen LogP) is 2.84. The van der Waals surface area contributed by atoms with Gasteiger partial charge in [0.1, 0.15) is 0 Å². The van der Waals surface area contributed by atoms with Crippen LogP contribution in [0.1, 0.15) is 31.9 Å². The van der Waals surface area contributed by atoms with Gasteiger partial charge in [-0.25, -0.2) is 0 Å². The van der Waals surface area contributed by atoms with Crippen molar-refractivity contribution < 1.29 is 0 Å². The van der Waals surface area contributed by atoms with Gasteiger partial charge < -0.3 is 5.32 Å². The molecule has 0 bridgehead atoms. The van der Waals surface area contributed by atoms with Gasteiger partial charge in [0.2, 0.25) is 0 Å². The number of nitrogens with zero attached hydrogens (tertiary/aromatic N) is 1. The normalized spacial score (nSPS) is 16.5. The summed E-state index contributed by atoms with van der Waals surface area (Å²) < 4.78 is 0.